The van der Waals surface area contributed by atoms with Gasteiger partial charge in [-0.25, -0.2) is 13.8 Å². The van der Waals surface area contributed by atoms with Crippen LogP contribution in [0.4, 0.5) is 8.78 Å². The van der Waals surface area contributed by atoms with Gasteiger partial charge in [0.05, 0.1) is 23.3 Å². The Balaban J connectivity index is 0.000000184. The molecule has 1 amide bonds. The maximum atomic E-state index is 13.5. The first kappa shape index (κ1) is 28.4. The smallest absolute Gasteiger partial charge is 0.261 e. The first-order chi connectivity index (χ1) is 19.3. The van der Waals surface area contributed by atoms with E-state index in [4.69, 9.17) is 5.73 Å². The molecule has 7 nitrogen and oxygen atoms in total. The van der Waals surface area contributed by atoms with Crippen molar-refractivity contribution in [3.05, 3.63) is 76.3 Å². The minimum Gasteiger partial charge on any atom is -0.338 e. The van der Waals surface area contributed by atoms with Crippen molar-refractivity contribution in [2.24, 2.45) is 17.1 Å². The molecule has 1 aliphatic carbocycles. The monoisotopic (exact) mass is 551 g/mol. The molecule has 2 aromatic carbocycles. The van der Waals surface area contributed by atoms with Crippen LogP contribution in [-0.4, -0.2) is 58.5 Å². The number of nitrogens with zero attached hydrogens (tertiary/aromatic N) is 4. The standard InChI is InChI=1S/C19H23F2N3O.C12H16N2O/c1-23-7-4-13(19(11-23)5-2-3-6-19)10-24-12-22-17-9-16(21)15(20)8-14(17)18(24)25;13-11-6-7-14(9-15)12(8-11)10-4-2-1-3-5-10/h8-9,12-13H,2-7,10-11H2,1H3;1-5,9,11-12H,6-8,13H2. The lowest BCUT2D eigenvalue weighted by Crippen LogP contribution is -2.48. The Morgan fingerprint density at radius 3 is 2.52 bits per heavy atom. The number of carbonyl (C=O) groups excluding carboxylic acids is 1. The molecular weight excluding hydrogens is 512 g/mol. The zero-order valence-electron chi connectivity index (χ0n) is 23.1. The van der Waals surface area contributed by atoms with Crippen molar-refractivity contribution in [3.63, 3.8) is 0 Å². The third-order valence-electron chi connectivity index (χ3n) is 9.20. The summed E-state index contributed by atoms with van der Waals surface area (Å²) >= 11 is 0. The van der Waals surface area contributed by atoms with Crippen molar-refractivity contribution < 1.29 is 13.6 Å². The lowest BCUT2D eigenvalue weighted by atomic mass is 9.69. The number of piperidine rings is 2. The van der Waals surface area contributed by atoms with Crippen LogP contribution in [0.15, 0.2) is 53.6 Å². The minimum atomic E-state index is -1.00. The van der Waals surface area contributed by atoms with Gasteiger partial charge in [0.25, 0.3) is 5.56 Å². The minimum absolute atomic E-state index is 0.148. The Kier molecular flexibility index (Phi) is 8.61. The number of rotatable bonds is 4. The van der Waals surface area contributed by atoms with E-state index in [1.807, 2.05) is 23.1 Å². The molecule has 0 radical (unpaired) electrons. The molecule has 1 saturated carbocycles. The molecule has 3 aliphatic rings. The first-order valence-corrected chi connectivity index (χ1v) is 14.3. The Morgan fingerprint density at radius 1 is 1.07 bits per heavy atom. The summed E-state index contributed by atoms with van der Waals surface area (Å²) in [5.74, 6) is -1.55. The van der Waals surface area contributed by atoms with E-state index in [-0.39, 0.29) is 34.0 Å². The van der Waals surface area contributed by atoms with Gasteiger partial charge in [0.2, 0.25) is 6.41 Å². The fourth-order valence-electron chi connectivity index (χ4n) is 7.02. The third-order valence-corrected chi connectivity index (χ3v) is 9.20. The van der Waals surface area contributed by atoms with Gasteiger partial charge in [-0.2, -0.15) is 0 Å². The largest absolute Gasteiger partial charge is 0.338 e. The van der Waals surface area contributed by atoms with E-state index in [1.54, 1.807) is 4.57 Å². The molecule has 2 saturated heterocycles. The second-order valence-electron chi connectivity index (χ2n) is 11.8. The molecule has 3 heterocycles. The van der Waals surface area contributed by atoms with Crippen LogP contribution in [0.1, 0.15) is 56.6 Å². The number of fused-ring (bicyclic) bond motifs is 1. The van der Waals surface area contributed by atoms with Crippen LogP contribution < -0.4 is 11.3 Å². The van der Waals surface area contributed by atoms with Gasteiger partial charge < -0.3 is 15.5 Å². The van der Waals surface area contributed by atoms with Crippen LogP contribution in [-0.2, 0) is 11.3 Å². The molecule has 3 fully saturated rings. The normalized spacial score (nSPS) is 24.6. The first-order valence-electron chi connectivity index (χ1n) is 14.3. The maximum absolute atomic E-state index is 13.5. The molecule has 6 rings (SSSR count). The van der Waals surface area contributed by atoms with Crippen molar-refractivity contribution in [2.45, 2.75) is 63.6 Å². The predicted octanol–water partition coefficient (Wildman–Crippen LogP) is 4.49. The van der Waals surface area contributed by atoms with Gasteiger partial charge in [0, 0.05) is 31.7 Å². The van der Waals surface area contributed by atoms with Crippen LogP contribution in [0.3, 0.4) is 0 Å². The average Bonchev–Trinajstić information content (AvgIpc) is 3.42. The van der Waals surface area contributed by atoms with Gasteiger partial charge in [-0.05, 0) is 68.7 Å². The topological polar surface area (TPSA) is 84.5 Å². The number of aromatic nitrogens is 2. The fourth-order valence-corrected chi connectivity index (χ4v) is 7.02. The Morgan fingerprint density at radius 2 is 1.80 bits per heavy atom. The molecule has 0 bridgehead atoms. The predicted molar refractivity (Wildman–Crippen MR) is 152 cm³/mol. The third kappa shape index (κ3) is 5.95. The second kappa shape index (κ2) is 12.1. The van der Waals surface area contributed by atoms with Gasteiger partial charge in [-0.3, -0.25) is 14.2 Å². The van der Waals surface area contributed by atoms with Gasteiger partial charge in [0.15, 0.2) is 11.6 Å². The summed E-state index contributed by atoms with van der Waals surface area (Å²) in [5, 5.41) is 0.148. The van der Waals surface area contributed by atoms with Crippen LogP contribution in [0.2, 0.25) is 0 Å². The quantitative estimate of drug-likeness (QED) is 0.483. The van der Waals surface area contributed by atoms with E-state index in [1.165, 1.54) is 37.6 Å². The molecule has 40 heavy (non-hydrogen) atoms. The van der Waals surface area contributed by atoms with Gasteiger partial charge in [0.1, 0.15) is 0 Å². The molecular formula is C31H39F2N5O2. The summed E-state index contributed by atoms with van der Waals surface area (Å²) in [5.41, 5.74) is 7.32. The van der Waals surface area contributed by atoms with E-state index in [9.17, 15) is 18.4 Å². The zero-order valence-corrected chi connectivity index (χ0v) is 23.1. The highest BCUT2D eigenvalue weighted by Crippen LogP contribution is 2.48. The summed E-state index contributed by atoms with van der Waals surface area (Å²) in [7, 11) is 2.16. The molecule has 1 spiro atoms. The highest BCUT2D eigenvalue weighted by atomic mass is 19.2. The number of halogens is 2. The van der Waals surface area contributed by atoms with Crippen molar-refractivity contribution >= 4 is 17.3 Å². The SMILES string of the molecule is CN1CCC(Cn2cnc3cc(F)c(F)cc3c2=O)C2(CCCC2)C1.NC1CCN(C=O)C(c2ccccc2)C1. The number of likely N-dealkylation sites (tertiary alicyclic amines) is 2. The van der Waals surface area contributed by atoms with E-state index in [0.717, 1.165) is 57.4 Å². The maximum Gasteiger partial charge on any atom is 0.261 e. The Labute approximate surface area is 234 Å². The van der Waals surface area contributed by atoms with E-state index in [2.05, 4.69) is 29.1 Å². The molecule has 2 aliphatic heterocycles. The van der Waals surface area contributed by atoms with Crippen LogP contribution in [0.25, 0.3) is 10.9 Å². The van der Waals surface area contributed by atoms with E-state index in [0.29, 0.717) is 12.5 Å². The number of nitrogens with two attached hydrogens (primary N) is 1. The van der Waals surface area contributed by atoms with Gasteiger partial charge >= 0.3 is 0 Å². The molecule has 1 aromatic heterocycles. The van der Waals surface area contributed by atoms with E-state index >= 15 is 0 Å². The summed E-state index contributed by atoms with van der Waals surface area (Å²) in [6.07, 6.45) is 10.2. The number of carbonyl (C=O) groups is 1. The average molecular weight is 552 g/mol. The lowest BCUT2D eigenvalue weighted by molar-refractivity contribution is -0.121. The molecule has 2 N–H and O–H groups in total. The Bertz CT molecular complexity index is 1380. The van der Waals surface area contributed by atoms with Gasteiger partial charge in [-0.1, -0.05) is 43.2 Å². The number of hydrogen-bond acceptors (Lipinski definition) is 5. The second-order valence-corrected chi connectivity index (χ2v) is 11.8. The summed E-state index contributed by atoms with van der Waals surface area (Å²) < 4.78 is 28.5. The summed E-state index contributed by atoms with van der Waals surface area (Å²) in [6, 6.07) is 12.4. The van der Waals surface area contributed by atoms with Crippen LogP contribution in [0.5, 0.6) is 0 Å². The van der Waals surface area contributed by atoms with Crippen LogP contribution >= 0.6 is 0 Å². The van der Waals surface area contributed by atoms with Crippen molar-refractivity contribution in [3.8, 4) is 0 Å². The number of hydrogen-bond donors (Lipinski definition) is 1. The molecule has 9 heteroatoms. The number of benzene rings is 2. The van der Waals surface area contributed by atoms with Crippen molar-refractivity contribution in [2.75, 3.05) is 26.7 Å². The molecule has 3 aromatic rings. The summed E-state index contributed by atoms with van der Waals surface area (Å²) in [4.78, 5) is 32.1. The van der Waals surface area contributed by atoms with Crippen molar-refractivity contribution in [1.29, 1.82) is 0 Å². The highest BCUT2D eigenvalue weighted by molar-refractivity contribution is 5.77. The molecule has 214 valence electrons. The molecule has 3 atom stereocenters. The Hall–Kier alpha value is -3.17. The highest BCUT2D eigenvalue weighted by Gasteiger charge is 2.44. The fraction of sp³-hybridized carbons (Fsp3) is 0.516. The van der Waals surface area contributed by atoms with Crippen LogP contribution in [0, 0.1) is 23.0 Å². The molecule has 3 unspecified atom stereocenters. The van der Waals surface area contributed by atoms with Crippen molar-refractivity contribution in [1.82, 2.24) is 19.4 Å². The summed E-state index contributed by atoms with van der Waals surface area (Å²) in [6.45, 7) is 3.48. The van der Waals surface area contributed by atoms with E-state index < -0.39 is 11.6 Å². The lowest BCUT2D eigenvalue weighted by Gasteiger charge is -2.45. The zero-order chi connectivity index (χ0) is 28.3. The number of amides is 1. The van der Waals surface area contributed by atoms with Gasteiger partial charge in [-0.15, -0.1) is 0 Å².